The molecule has 1 aliphatic rings. The first-order valence-electron chi connectivity index (χ1n) is 8.35. The molecule has 1 fully saturated rings. The average molecular weight is 318 g/mol. The van der Waals surface area contributed by atoms with Crippen molar-refractivity contribution in [2.75, 3.05) is 18.5 Å². The number of aliphatic hydroxyl groups excluding tert-OH is 1. The molecule has 1 aromatic carbocycles. The molecule has 1 heterocycles. The first kappa shape index (κ1) is 17.5. The van der Waals surface area contributed by atoms with Gasteiger partial charge in [-0.3, -0.25) is 9.59 Å². The quantitative estimate of drug-likeness (QED) is 0.838. The van der Waals surface area contributed by atoms with Crippen molar-refractivity contribution in [3.63, 3.8) is 0 Å². The van der Waals surface area contributed by atoms with E-state index in [4.69, 9.17) is 5.11 Å². The normalized spacial score (nSPS) is 18.1. The molecular formula is C18H26N2O3. The monoisotopic (exact) mass is 318 g/mol. The molecule has 2 N–H and O–H groups in total. The van der Waals surface area contributed by atoms with Crippen LogP contribution in [0.25, 0.3) is 0 Å². The van der Waals surface area contributed by atoms with Crippen molar-refractivity contribution in [1.29, 1.82) is 0 Å². The summed E-state index contributed by atoms with van der Waals surface area (Å²) in [5.74, 6) is -0.683. The molecule has 1 aliphatic heterocycles. The van der Waals surface area contributed by atoms with E-state index in [0.29, 0.717) is 24.6 Å². The van der Waals surface area contributed by atoms with Crippen LogP contribution in [-0.4, -0.2) is 41.0 Å². The molecule has 126 valence electrons. The highest BCUT2D eigenvalue weighted by Crippen LogP contribution is 2.21. The van der Waals surface area contributed by atoms with Gasteiger partial charge in [-0.15, -0.1) is 0 Å². The number of piperidine rings is 1. The van der Waals surface area contributed by atoms with Crippen molar-refractivity contribution in [2.24, 2.45) is 0 Å². The molecule has 0 spiro atoms. The van der Waals surface area contributed by atoms with Gasteiger partial charge in [0, 0.05) is 24.9 Å². The van der Waals surface area contributed by atoms with Crippen molar-refractivity contribution in [2.45, 2.75) is 51.5 Å². The number of anilines is 1. The van der Waals surface area contributed by atoms with E-state index in [9.17, 15) is 9.59 Å². The van der Waals surface area contributed by atoms with Gasteiger partial charge in [-0.05, 0) is 49.3 Å². The number of carbonyl (C=O) groups excluding carboxylic acids is 2. The summed E-state index contributed by atoms with van der Waals surface area (Å²) < 4.78 is 0. The fourth-order valence-electron chi connectivity index (χ4n) is 2.98. The van der Waals surface area contributed by atoms with Gasteiger partial charge in [0.2, 0.25) is 0 Å². The van der Waals surface area contributed by atoms with Gasteiger partial charge >= 0.3 is 11.8 Å². The second-order valence-electron chi connectivity index (χ2n) is 6.39. The van der Waals surface area contributed by atoms with Crippen LogP contribution in [0, 0.1) is 0 Å². The van der Waals surface area contributed by atoms with Crippen LogP contribution in [0.3, 0.4) is 0 Å². The molecule has 0 saturated carbocycles. The Morgan fingerprint density at radius 2 is 1.96 bits per heavy atom. The van der Waals surface area contributed by atoms with Crippen molar-refractivity contribution in [3.8, 4) is 0 Å². The van der Waals surface area contributed by atoms with Gasteiger partial charge in [-0.25, -0.2) is 0 Å². The summed E-state index contributed by atoms with van der Waals surface area (Å²) in [4.78, 5) is 26.2. The number of benzene rings is 1. The molecule has 0 radical (unpaired) electrons. The highest BCUT2D eigenvalue weighted by atomic mass is 16.3. The summed E-state index contributed by atoms with van der Waals surface area (Å²) in [6.07, 6.45) is 3.32. The molecule has 5 nitrogen and oxygen atoms in total. The lowest BCUT2D eigenvalue weighted by Gasteiger charge is -2.35. The molecule has 1 saturated heterocycles. The van der Waals surface area contributed by atoms with Crippen molar-refractivity contribution >= 4 is 17.5 Å². The second-order valence-corrected chi connectivity index (χ2v) is 6.39. The molecule has 2 rings (SSSR count). The standard InChI is InChI=1S/C18H26N2O3/c1-13(2)14-6-8-15(9-7-14)19-17(22)18(23)20-11-4-3-5-16(20)10-12-21/h6-9,13,16,21H,3-5,10-12H2,1-2H3,(H,19,22). The predicted molar refractivity (Wildman–Crippen MR) is 90.2 cm³/mol. The summed E-state index contributed by atoms with van der Waals surface area (Å²) in [5.41, 5.74) is 1.82. The summed E-state index contributed by atoms with van der Waals surface area (Å²) in [6, 6.07) is 7.53. The molecule has 1 atom stereocenters. The zero-order valence-corrected chi connectivity index (χ0v) is 13.9. The van der Waals surface area contributed by atoms with Crippen LogP contribution in [0.1, 0.15) is 51.0 Å². The van der Waals surface area contributed by atoms with Gasteiger partial charge in [-0.2, -0.15) is 0 Å². The van der Waals surface area contributed by atoms with Gasteiger partial charge in [0.15, 0.2) is 0 Å². The molecule has 23 heavy (non-hydrogen) atoms. The number of amides is 2. The molecular weight excluding hydrogens is 292 g/mol. The SMILES string of the molecule is CC(C)c1ccc(NC(=O)C(=O)N2CCCCC2CCO)cc1. The summed E-state index contributed by atoms with van der Waals surface area (Å²) >= 11 is 0. The smallest absolute Gasteiger partial charge is 0.313 e. The lowest BCUT2D eigenvalue weighted by molar-refractivity contribution is -0.146. The first-order valence-corrected chi connectivity index (χ1v) is 8.35. The van der Waals surface area contributed by atoms with Crippen LogP contribution in [0.15, 0.2) is 24.3 Å². The Hall–Kier alpha value is -1.88. The third-order valence-corrected chi connectivity index (χ3v) is 4.38. The minimum absolute atomic E-state index is 0.0321. The third-order valence-electron chi connectivity index (χ3n) is 4.38. The van der Waals surface area contributed by atoms with E-state index >= 15 is 0 Å². The lowest BCUT2D eigenvalue weighted by atomic mass is 9.99. The van der Waals surface area contributed by atoms with E-state index in [2.05, 4.69) is 19.2 Å². The van der Waals surface area contributed by atoms with Crippen LogP contribution in [0.4, 0.5) is 5.69 Å². The van der Waals surface area contributed by atoms with E-state index in [1.54, 1.807) is 4.90 Å². The number of nitrogens with zero attached hydrogens (tertiary/aromatic N) is 1. The maximum absolute atomic E-state index is 12.4. The van der Waals surface area contributed by atoms with Crippen LogP contribution in [0.5, 0.6) is 0 Å². The molecule has 5 heteroatoms. The molecule has 0 aromatic heterocycles. The average Bonchev–Trinajstić information content (AvgIpc) is 2.55. The van der Waals surface area contributed by atoms with Crippen LogP contribution >= 0.6 is 0 Å². The van der Waals surface area contributed by atoms with Gasteiger partial charge in [0.05, 0.1) is 0 Å². The molecule has 1 aromatic rings. The van der Waals surface area contributed by atoms with E-state index in [-0.39, 0.29) is 12.6 Å². The fourth-order valence-corrected chi connectivity index (χ4v) is 2.98. The van der Waals surface area contributed by atoms with Crippen LogP contribution in [-0.2, 0) is 9.59 Å². The highest BCUT2D eigenvalue weighted by Gasteiger charge is 2.30. The van der Waals surface area contributed by atoms with Crippen molar-refractivity contribution in [1.82, 2.24) is 4.90 Å². The minimum atomic E-state index is -0.605. The molecule has 1 unspecified atom stereocenters. The maximum atomic E-state index is 12.4. The summed E-state index contributed by atoms with van der Waals surface area (Å²) in [6.45, 7) is 4.83. The Morgan fingerprint density at radius 1 is 1.26 bits per heavy atom. The van der Waals surface area contributed by atoms with E-state index in [1.165, 1.54) is 5.56 Å². The Bertz CT molecular complexity index is 538. The second kappa shape index (κ2) is 8.11. The van der Waals surface area contributed by atoms with Crippen molar-refractivity contribution in [3.05, 3.63) is 29.8 Å². The Morgan fingerprint density at radius 3 is 2.57 bits per heavy atom. The van der Waals surface area contributed by atoms with Gasteiger partial charge in [0.25, 0.3) is 0 Å². The summed E-state index contributed by atoms with van der Waals surface area (Å²) in [5, 5.41) is 11.8. The Kier molecular flexibility index (Phi) is 6.16. The molecule has 2 amide bonds. The van der Waals surface area contributed by atoms with Gasteiger partial charge in [0.1, 0.15) is 0 Å². The Balaban J connectivity index is 1.99. The van der Waals surface area contributed by atoms with Gasteiger partial charge < -0.3 is 15.3 Å². The number of rotatable bonds is 4. The third kappa shape index (κ3) is 4.55. The van der Waals surface area contributed by atoms with Gasteiger partial charge in [-0.1, -0.05) is 26.0 Å². The number of hydrogen-bond acceptors (Lipinski definition) is 3. The minimum Gasteiger partial charge on any atom is -0.396 e. The molecule has 0 aliphatic carbocycles. The highest BCUT2D eigenvalue weighted by molar-refractivity contribution is 6.39. The fraction of sp³-hybridized carbons (Fsp3) is 0.556. The zero-order valence-electron chi connectivity index (χ0n) is 13.9. The first-order chi connectivity index (χ1) is 11.0. The molecule has 0 bridgehead atoms. The van der Waals surface area contributed by atoms with Crippen LogP contribution in [0.2, 0.25) is 0 Å². The zero-order chi connectivity index (χ0) is 16.8. The van der Waals surface area contributed by atoms with Crippen LogP contribution < -0.4 is 5.32 Å². The lowest BCUT2D eigenvalue weighted by Crippen LogP contribution is -2.48. The van der Waals surface area contributed by atoms with E-state index in [0.717, 1.165) is 19.3 Å². The van der Waals surface area contributed by atoms with E-state index < -0.39 is 11.8 Å². The Labute approximate surface area is 137 Å². The predicted octanol–water partition coefficient (Wildman–Crippen LogP) is 2.51. The number of aliphatic hydroxyl groups is 1. The number of likely N-dealkylation sites (tertiary alicyclic amines) is 1. The maximum Gasteiger partial charge on any atom is 0.313 e. The number of carbonyl (C=O) groups is 2. The largest absolute Gasteiger partial charge is 0.396 e. The van der Waals surface area contributed by atoms with E-state index in [1.807, 2.05) is 24.3 Å². The number of hydrogen-bond donors (Lipinski definition) is 2. The topological polar surface area (TPSA) is 69.6 Å². The number of nitrogens with one attached hydrogen (secondary N) is 1. The summed E-state index contributed by atoms with van der Waals surface area (Å²) in [7, 11) is 0. The van der Waals surface area contributed by atoms with Crippen molar-refractivity contribution < 1.29 is 14.7 Å².